The number of fused-ring (bicyclic) bond motifs is 1. The van der Waals surface area contributed by atoms with Crippen LogP contribution in [0.25, 0.3) is 0 Å². The zero-order chi connectivity index (χ0) is 19.6. The average molecular weight is 380 g/mol. The van der Waals surface area contributed by atoms with Crippen molar-refractivity contribution in [1.29, 1.82) is 0 Å². The SMILES string of the molecule is CCCN1C(=O)c2ccccc2NC1(C)c1ccccc1OCC1CCCO1. The van der Waals surface area contributed by atoms with Crippen LogP contribution in [-0.4, -0.2) is 36.7 Å². The van der Waals surface area contributed by atoms with E-state index in [9.17, 15) is 4.79 Å². The van der Waals surface area contributed by atoms with Crippen molar-refractivity contribution in [2.45, 2.75) is 44.9 Å². The lowest BCUT2D eigenvalue weighted by Crippen LogP contribution is -2.56. The first-order valence-electron chi connectivity index (χ1n) is 10.2. The molecule has 2 atom stereocenters. The lowest BCUT2D eigenvalue weighted by Gasteiger charge is -2.47. The maximum atomic E-state index is 13.3. The van der Waals surface area contributed by atoms with Crippen molar-refractivity contribution in [2.24, 2.45) is 0 Å². The lowest BCUT2D eigenvalue weighted by atomic mass is 9.92. The summed E-state index contributed by atoms with van der Waals surface area (Å²) in [4.78, 5) is 15.2. The number of nitrogens with one attached hydrogen (secondary N) is 1. The quantitative estimate of drug-likeness (QED) is 0.807. The Morgan fingerprint density at radius 2 is 2.00 bits per heavy atom. The summed E-state index contributed by atoms with van der Waals surface area (Å²) in [5.41, 5.74) is 1.85. The molecule has 2 aromatic carbocycles. The molecule has 1 amide bonds. The second-order valence-electron chi connectivity index (χ2n) is 7.64. The summed E-state index contributed by atoms with van der Waals surface area (Å²) < 4.78 is 11.9. The Labute approximate surface area is 166 Å². The number of para-hydroxylation sites is 2. The molecule has 1 N–H and O–H groups in total. The smallest absolute Gasteiger partial charge is 0.258 e. The molecule has 0 bridgehead atoms. The highest BCUT2D eigenvalue weighted by Crippen LogP contribution is 2.41. The Balaban J connectivity index is 1.70. The van der Waals surface area contributed by atoms with Crippen LogP contribution in [0.3, 0.4) is 0 Å². The first-order valence-corrected chi connectivity index (χ1v) is 10.2. The van der Waals surface area contributed by atoms with Crippen LogP contribution in [0.4, 0.5) is 5.69 Å². The van der Waals surface area contributed by atoms with E-state index in [4.69, 9.17) is 9.47 Å². The van der Waals surface area contributed by atoms with Crippen molar-refractivity contribution in [2.75, 3.05) is 25.1 Å². The van der Waals surface area contributed by atoms with Crippen LogP contribution in [0.2, 0.25) is 0 Å². The standard InChI is InChI=1S/C23H28N2O3/c1-3-14-25-22(26)18-10-4-6-12-20(18)24-23(25,2)19-11-5-7-13-21(19)28-16-17-9-8-15-27-17/h4-7,10-13,17,24H,3,8-9,14-16H2,1-2H3. The third-order valence-corrected chi connectivity index (χ3v) is 5.63. The van der Waals surface area contributed by atoms with Crippen molar-refractivity contribution in [1.82, 2.24) is 4.90 Å². The minimum Gasteiger partial charge on any atom is -0.490 e. The molecule has 2 aromatic rings. The highest BCUT2D eigenvalue weighted by Gasteiger charge is 2.43. The summed E-state index contributed by atoms with van der Waals surface area (Å²) >= 11 is 0. The Morgan fingerprint density at radius 3 is 2.79 bits per heavy atom. The van der Waals surface area contributed by atoms with Gasteiger partial charge >= 0.3 is 0 Å². The van der Waals surface area contributed by atoms with E-state index in [1.165, 1.54) is 0 Å². The van der Waals surface area contributed by atoms with Gasteiger partial charge < -0.3 is 19.7 Å². The zero-order valence-electron chi connectivity index (χ0n) is 16.6. The van der Waals surface area contributed by atoms with Gasteiger partial charge in [0.05, 0.1) is 11.7 Å². The Hall–Kier alpha value is -2.53. The van der Waals surface area contributed by atoms with Crippen LogP contribution < -0.4 is 10.1 Å². The molecule has 4 rings (SSSR count). The fraction of sp³-hybridized carbons (Fsp3) is 0.435. The van der Waals surface area contributed by atoms with Crippen molar-refractivity contribution in [3.63, 3.8) is 0 Å². The van der Waals surface area contributed by atoms with Gasteiger partial charge in [0, 0.05) is 24.4 Å². The zero-order valence-corrected chi connectivity index (χ0v) is 16.6. The van der Waals surface area contributed by atoms with Gasteiger partial charge in [-0.3, -0.25) is 4.79 Å². The molecule has 1 fully saturated rings. The summed E-state index contributed by atoms with van der Waals surface area (Å²) in [6.07, 6.45) is 3.15. The predicted molar refractivity (Wildman–Crippen MR) is 110 cm³/mol. The molecule has 148 valence electrons. The van der Waals surface area contributed by atoms with E-state index in [0.717, 1.165) is 42.9 Å². The van der Waals surface area contributed by atoms with Crippen LogP contribution in [0.5, 0.6) is 5.75 Å². The molecular weight excluding hydrogens is 352 g/mol. The Morgan fingerprint density at radius 1 is 1.21 bits per heavy atom. The van der Waals surface area contributed by atoms with E-state index in [-0.39, 0.29) is 12.0 Å². The molecule has 2 unspecified atom stereocenters. The summed E-state index contributed by atoms with van der Waals surface area (Å²) in [7, 11) is 0. The predicted octanol–water partition coefficient (Wildman–Crippen LogP) is 4.40. The number of carbonyl (C=O) groups is 1. The molecular formula is C23H28N2O3. The van der Waals surface area contributed by atoms with Gasteiger partial charge in [-0.05, 0) is 44.4 Å². The minimum absolute atomic E-state index is 0.0487. The van der Waals surface area contributed by atoms with Crippen molar-refractivity contribution >= 4 is 11.6 Å². The van der Waals surface area contributed by atoms with E-state index < -0.39 is 5.66 Å². The van der Waals surface area contributed by atoms with Crippen molar-refractivity contribution < 1.29 is 14.3 Å². The number of hydrogen-bond donors (Lipinski definition) is 1. The molecule has 5 heteroatoms. The van der Waals surface area contributed by atoms with Gasteiger partial charge in [-0.25, -0.2) is 0 Å². The van der Waals surface area contributed by atoms with E-state index in [2.05, 4.69) is 19.2 Å². The van der Waals surface area contributed by atoms with Gasteiger partial charge in [0.25, 0.3) is 5.91 Å². The number of rotatable bonds is 6. The monoisotopic (exact) mass is 380 g/mol. The highest BCUT2D eigenvalue weighted by atomic mass is 16.5. The molecule has 2 heterocycles. The maximum absolute atomic E-state index is 13.3. The molecule has 2 aliphatic heterocycles. The highest BCUT2D eigenvalue weighted by molar-refractivity contribution is 6.02. The number of ether oxygens (including phenoxy) is 2. The van der Waals surface area contributed by atoms with Crippen LogP contribution >= 0.6 is 0 Å². The van der Waals surface area contributed by atoms with Crippen molar-refractivity contribution in [3.05, 3.63) is 59.7 Å². The largest absolute Gasteiger partial charge is 0.490 e. The number of benzene rings is 2. The number of hydrogen-bond acceptors (Lipinski definition) is 4. The summed E-state index contributed by atoms with van der Waals surface area (Å²) in [6, 6.07) is 15.7. The van der Waals surface area contributed by atoms with Gasteiger partial charge in [-0.2, -0.15) is 0 Å². The maximum Gasteiger partial charge on any atom is 0.258 e. The second kappa shape index (κ2) is 7.84. The molecule has 5 nitrogen and oxygen atoms in total. The van der Waals surface area contributed by atoms with E-state index >= 15 is 0 Å². The number of carbonyl (C=O) groups excluding carboxylic acids is 1. The van der Waals surface area contributed by atoms with Gasteiger partial charge in [0.1, 0.15) is 18.0 Å². The van der Waals surface area contributed by atoms with Gasteiger partial charge in [-0.1, -0.05) is 37.3 Å². The average Bonchev–Trinajstić information content (AvgIpc) is 3.23. The Kier molecular flexibility index (Phi) is 5.27. The van der Waals surface area contributed by atoms with E-state index in [1.807, 2.05) is 53.4 Å². The normalized spacial score (nSPS) is 24.0. The topological polar surface area (TPSA) is 50.8 Å². The molecule has 0 aromatic heterocycles. The third kappa shape index (κ3) is 3.35. The first-order chi connectivity index (χ1) is 13.6. The minimum atomic E-state index is -0.686. The number of nitrogens with zero attached hydrogens (tertiary/aromatic N) is 1. The fourth-order valence-electron chi connectivity index (χ4n) is 4.17. The summed E-state index contributed by atoms with van der Waals surface area (Å²) in [6.45, 7) is 6.16. The van der Waals surface area contributed by atoms with E-state index in [1.54, 1.807) is 0 Å². The first kappa shape index (κ1) is 18.8. The molecule has 0 aliphatic carbocycles. The summed E-state index contributed by atoms with van der Waals surface area (Å²) in [5, 5.41) is 3.62. The molecule has 2 aliphatic rings. The number of anilines is 1. The van der Waals surface area contributed by atoms with Crippen LogP contribution in [-0.2, 0) is 10.4 Å². The molecule has 0 saturated carbocycles. The molecule has 28 heavy (non-hydrogen) atoms. The lowest BCUT2D eigenvalue weighted by molar-refractivity contribution is 0.0506. The van der Waals surface area contributed by atoms with Crippen LogP contribution in [0, 0.1) is 0 Å². The van der Waals surface area contributed by atoms with Crippen LogP contribution in [0.15, 0.2) is 48.5 Å². The van der Waals surface area contributed by atoms with E-state index in [0.29, 0.717) is 18.7 Å². The van der Waals surface area contributed by atoms with Crippen molar-refractivity contribution in [3.8, 4) is 5.75 Å². The van der Waals surface area contributed by atoms with Gasteiger partial charge in [0.2, 0.25) is 0 Å². The second-order valence-corrected chi connectivity index (χ2v) is 7.64. The number of amides is 1. The molecule has 1 saturated heterocycles. The van der Waals surface area contributed by atoms with Gasteiger partial charge in [0.15, 0.2) is 0 Å². The molecule has 0 radical (unpaired) electrons. The fourth-order valence-corrected chi connectivity index (χ4v) is 4.17. The third-order valence-electron chi connectivity index (χ3n) is 5.63. The Bertz CT molecular complexity index is 847. The van der Waals surface area contributed by atoms with Crippen LogP contribution in [0.1, 0.15) is 49.0 Å². The van der Waals surface area contributed by atoms with Gasteiger partial charge in [-0.15, -0.1) is 0 Å². The molecule has 0 spiro atoms. The summed E-state index contributed by atoms with van der Waals surface area (Å²) in [5.74, 6) is 0.842.